The number of hydroxylamine groups is 1. The highest BCUT2D eigenvalue weighted by atomic mass is 16.7. The fourth-order valence-corrected chi connectivity index (χ4v) is 1.04. The van der Waals surface area contributed by atoms with Gasteiger partial charge in [0.15, 0.2) is 0 Å². The van der Waals surface area contributed by atoms with Crippen LogP contribution in [0.2, 0.25) is 0 Å². The molecule has 3 nitrogen and oxygen atoms in total. The third-order valence-corrected chi connectivity index (χ3v) is 1.91. The number of nitrogen functional groups attached to an aromatic ring is 1. The summed E-state index contributed by atoms with van der Waals surface area (Å²) in [5, 5.41) is 1.64. The summed E-state index contributed by atoms with van der Waals surface area (Å²) >= 11 is 0. The summed E-state index contributed by atoms with van der Waals surface area (Å²) in [6.45, 7) is 1.97. The van der Waals surface area contributed by atoms with Crippen molar-refractivity contribution in [3.63, 3.8) is 0 Å². The number of rotatable bonds is 2. The SMILES string of the molecule is CON(C)c1cccc(C)c1N. The van der Waals surface area contributed by atoms with Crippen molar-refractivity contribution in [2.24, 2.45) is 0 Å². The molecule has 0 aliphatic rings. The summed E-state index contributed by atoms with van der Waals surface area (Å²) in [4.78, 5) is 5.03. The number of nitrogens with two attached hydrogens (primary N) is 1. The third kappa shape index (κ3) is 1.51. The lowest BCUT2D eigenvalue weighted by Gasteiger charge is -2.18. The van der Waals surface area contributed by atoms with Gasteiger partial charge >= 0.3 is 0 Å². The molecule has 0 aliphatic carbocycles. The largest absolute Gasteiger partial charge is 0.397 e. The standard InChI is InChI=1S/C9H14N2O/c1-7-5-4-6-8(9(7)10)11(2)12-3/h4-6H,10H2,1-3H3. The van der Waals surface area contributed by atoms with E-state index in [4.69, 9.17) is 10.6 Å². The summed E-state index contributed by atoms with van der Waals surface area (Å²) in [7, 11) is 3.44. The average molecular weight is 166 g/mol. The van der Waals surface area contributed by atoms with Gasteiger partial charge in [-0.2, -0.15) is 0 Å². The fraction of sp³-hybridized carbons (Fsp3) is 0.333. The average Bonchev–Trinajstić information content (AvgIpc) is 2.08. The topological polar surface area (TPSA) is 38.5 Å². The lowest BCUT2D eigenvalue weighted by molar-refractivity contribution is 0.185. The van der Waals surface area contributed by atoms with Gasteiger partial charge in [-0.1, -0.05) is 12.1 Å². The molecule has 2 N–H and O–H groups in total. The lowest BCUT2D eigenvalue weighted by atomic mass is 10.2. The molecule has 0 aliphatic heterocycles. The zero-order chi connectivity index (χ0) is 9.14. The van der Waals surface area contributed by atoms with E-state index < -0.39 is 0 Å². The third-order valence-electron chi connectivity index (χ3n) is 1.91. The van der Waals surface area contributed by atoms with Gasteiger partial charge in [0.25, 0.3) is 0 Å². The molecule has 0 atom stereocenters. The molecule has 66 valence electrons. The molecule has 3 heteroatoms. The van der Waals surface area contributed by atoms with Gasteiger partial charge in [0.2, 0.25) is 0 Å². The van der Waals surface area contributed by atoms with Gasteiger partial charge in [-0.25, -0.2) is 0 Å². The highest BCUT2D eigenvalue weighted by Gasteiger charge is 2.04. The first kappa shape index (κ1) is 8.87. The Morgan fingerprint density at radius 3 is 2.67 bits per heavy atom. The number of hydrogen-bond donors (Lipinski definition) is 1. The normalized spacial score (nSPS) is 9.92. The van der Waals surface area contributed by atoms with E-state index in [1.165, 1.54) is 0 Å². The van der Waals surface area contributed by atoms with E-state index in [2.05, 4.69) is 0 Å². The molecule has 0 amide bonds. The molecule has 0 spiro atoms. The number of hydrogen-bond acceptors (Lipinski definition) is 3. The predicted molar refractivity (Wildman–Crippen MR) is 51.0 cm³/mol. The van der Waals surface area contributed by atoms with Crippen molar-refractivity contribution in [1.29, 1.82) is 0 Å². The van der Waals surface area contributed by atoms with Gasteiger partial charge in [0, 0.05) is 7.05 Å². The minimum atomic E-state index is 0.766. The highest BCUT2D eigenvalue weighted by molar-refractivity contribution is 5.69. The van der Waals surface area contributed by atoms with Crippen LogP contribution in [0, 0.1) is 6.92 Å². The van der Waals surface area contributed by atoms with Crippen LogP contribution in [0.5, 0.6) is 0 Å². The minimum absolute atomic E-state index is 0.766. The molecule has 12 heavy (non-hydrogen) atoms. The molecule has 0 fully saturated rings. The van der Waals surface area contributed by atoms with Crippen molar-refractivity contribution < 1.29 is 4.84 Å². The second-order valence-corrected chi connectivity index (χ2v) is 2.69. The quantitative estimate of drug-likeness (QED) is 0.535. The van der Waals surface area contributed by atoms with Gasteiger partial charge in [0.05, 0.1) is 18.5 Å². The number of nitrogens with zero attached hydrogens (tertiary/aromatic N) is 1. The van der Waals surface area contributed by atoms with E-state index >= 15 is 0 Å². The Morgan fingerprint density at radius 2 is 2.08 bits per heavy atom. The number of para-hydroxylation sites is 1. The van der Waals surface area contributed by atoms with Crippen LogP contribution in [0.3, 0.4) is 0 Å². The van der Waals surface area contributed by atoms with Crippen molar-refractivity contribution in [2.75, 3.05) is 25.0 Å². The van der Waals surface area contributed by atoms with Gasteiger partial charge in [0.1, 0.15) is 0 Å². The van der Waals surface area contributed by atoms with Crippen LogP contribution in [-0.2, 0) is 4.84 Å². The maximum atomic E-state index is 5.84. The molecule has 1 rings (SSSR count). The van der Waals surface area contributed by atoms with E-state index in [1.54, 1.807) is 12.2 Å². The molecular formula is C9H14N2O. The molecule has 1 aromatic carbocycles. The zero-order valence-electron chi connectivity index (χ0n) is 7.66. The smallest absolute Gasteiger partial charge is 0.0865 e. The second kappa shape index (κ2) is 3.45. The van der Waals surface area contributed by atoms with Crippen LogP contribution in [0.15, 0.2) is 18.2 Å². The fourth-order valence-electron chi connectivity index (χ4n) is 1.04. The lowest BCUT2D eigenvalue weighted by Crippen LogP contribution is -2.16. The predicted octanol–water partition coefficient (Wildman–Crippen LogP) is 1.57. The Morgan fingerprint density at radius 1 is 1.42 bits per heavy atom. The van der Waals surface area contributed by atoms with E-state index in [1.807, 2.05) is 32.2 Å². The summed E-state index contributed by atoms with van der Waals surface area (Å²) in [5.41, 5.74) is 8.57. The summed E-state index contributed by atoms with van der Waals surface area (Å²) in [6, 6.07) is 5.85. The molecule has 0 unspecified atom stereocenters. The van der Waals surface area contributed by atoms with Crippen molar-refractivity contribution in [3.8, 4) is 0 Å². The van der Waals surface area contributed by atoms with Crippen molar-refractivity contribution in [1.82, 2.24) is 0 Å². The number of benzene rings is 1. The Labute approximate surface area is 72.7 Å². The zero-order valence-corrected chi connectivity index (χ0v) is 7.66. The van der Waals surface area contributed by atoms with Crippen LogP contribution in [0.1, 0.15) is 5.56 Å². The first-order chi connectivity index (χ1) is 5.66. The van der Waals surface area contributed by atoms with Gasteiger partial charge in [-0.05, 0) is 18.6 Å². The Kier molecular flexibility index (Phi) is 2.55. The summed E-state index contributed by atoms with van der Waals surface area (Å²) in [5.74, 6) is 0. The van der Waals surface area contributed by atoms with Crippen LogP contribution in [-0.4, -0.2) is 14.2 Å². The first-order valence-electron chi connectivity index (χ1n) is 3.79. The Balaban J connectivity index is 3.07. The molecule has 0 heterocycles. The molecule has 0 radical (unpaired) electrons. The summed E-state index contributed by atoms with van der Waals surface area (Å²) in [6.07, 6.45) is 0. The van der Waals surface area contributed by atoms with Crippen LogP contribution in [0.4, 0.5) is 11.4 Å². The van der Waals surface area contributed by atoms with Crippen molar-refractivity contribution in [3.05, 3.63) is 23.8 Å². The van der Waals surface area contributed by atoms with Crippen LogP contribution < -0.4 is 10.8 Å². The van der Waals surface area contributed by atoms with Crippen molar-refractivity contribution >= 4 is 11.4 Å². The molecule has 0 bridgehead atoms. The Bertz CT molecular complexity index is 273. The van der Waals surface area contributed by atoms with Crippen molar-refractivity contribution in [2.45, 2.75) is 6.92 Å². The van der Waals surface area contributed by atoms with Gasteiger partial charge < -0.3 is 5.73 Å². The number of anilines is 2. The maximum absolute atomic E-state index is 5.84. The maximum Gasteiger partial charge on any atom is 0.0865 e. The molecule has 1 aromatic rings. The minimum Gasteiger partial charge on any atom is -0.397 e. The second-order valence-electron chi connectivity index (χ2n) is 2.69. The highest BCUT2D eigenvalue weighted by Crippen LogP contribution is 2.24. The molecular weight excluding hydrogens is 152 g/mol. The van der Waals surface area contributed by atoms with E-state index in [-0.39, 0.29) is 0 Å². The van der Waals surface area contributed by atoms with Gasteiger partial charge in [-0.15, -0.1) is 0 Å². The molecule has 0 saturated heterocycles. The molecule has 0 saturated carbocycles. The summed E-state index contributed by atoms with van der Waals surface area (Å²) < 4.78 is 0. The molecule has 0 aromatic heterocycles. The van der Waals surface area contributed by atoms with Crippen LogP contribution >= 0.6 is 0 Å². The first-order valence-corrected chi connectivity index (χ1v) is 3.79. The Hall–Kier alpha value is -1.22. The monoisotopic (exact) mass is 166 g/mol. The van der Waals surface area contributed by atoms with Gasteiger partial charge in [-0.3, -0.25) is 9.90 Å². The van der Waals surface area contributed by atoms with Crippen LogP contribution in [0.25, 0.3) is 0 Å². The van der Waals surface area contributed by atoms with E-state index in [0.717, 1.165) is 16.9 Å². The van der Waals surface area contributed by atoms with E-state index in [0.29, 0.717) is 0 Å². The van der Waals surface area contributed by atoms with E-state index in [9.17, 15) is 0 Å². The number of aryl methyl sites for hydroxylation is 1.